The van der Waals surface area contributed by atoms with Crippen molar-refractivity contribution in [2.75, 3.05) is 13.7 Å². The molecule has 160 valence electrons. The van der Waals surface area contributed by atoms with Gasteiger partial charge in [-0.15, -0.1) is 0 Å². The number of hydrogen-bond acceptors (Lipinski definition) is 9. The smallest absolute Gasteiger partial charge is 0.406 e. The first-order valence-corrected chi connectivity index (χ1v) is 9.04. The second-order valence-electron chi connectivity index (χ2n) is 6.16. The average Bonchev–Trinajstić information content (AvgIpc) is 2.77. The molecular formula is C20H17N3O8. The molecule has 2 aromatic carbocycles. The number of esters is 2. The predicted molar refractivity (Wildman–Crippen MR) is 105 cm³/mol. The Morgan fingerprint density at radius 3 is 2.61 bits per heavy atom. The van der Waals surface area contributed by atoms with Crippen molar-refractivity contribution in [1.29, 1.82) is 0 Å². The summed E-state index contributed by atoms with van der Waals surface area (Å²) in [6.07, 6.45) is 0. The zero-order chi connectivity index (χ0) is 22.5. The number of rotatable bonds is 7. The van der Waals surface area contributed by atoms with Gasteiger partial charge in [0, 0.05) is 12.1 Å². The van der Waals surface area contributed by atoms with Gasteiger partial charge in [-0.05, 0) is 25.1 Å². The fourth-order valence-corrected chi connectivity index (χ4v) is 2.81. The zero-order valence-electron chi connectivity index (χ0n) is 16.6. The minimum atomic E-state index is -0.965. The number of nitrogens with zero attached hydrogens (tertiary/aromatic N) is 3. The fourth-order valence-electron chi connectivity index (χ4n) is 2.81. The van der Waals surface area contributed by atoms with Gasteiger partial charge < -0.3 is 19.4 Å². The summed E-state index contributed by atoms with van der Waals surface area (Å²) in [6, 6.07) is 9.54. The van der Waals surface area contributed by atoms with Crippen LogP contribution in [0.4, 0.5) is 5.69 Å². The van der Waals surface area contributed by atoms with Gasteiger partial charge in [-0.25, -0.2) is 14.6 Å². The van der Waals surface area contributed by atoms with Crippen molar-refractivity contribution in [2.45, 2.75) is 13.5 Å². The largest absolute Gasteiger partial charge is 0.618 e. The van der Waals surface area contributed by atoms with E-state index in [1.807, 2.05) is 0 Å². The Balaban J connectivity index is 1.96. The molecule has 0 aliphatic heterocycles. The lowest BCUT2D eigenvalue weighted by molar-refractivity contribution is -0.581. The van der Waals surface area contributed by atoms with E-state index in [0.717, 1.165) is 13.2 Å². The van der Waals surface area contributed by atoms with E-state index in [9.17, 15) is 24.9 Å². The van der Waals surface area contributed by atoms with Gasteiger partial charge in [0.25, 0.3) is 5.69 Å². The van der Waals surface area contributed by atoms with Crippen LogP contribution in [0.2, 0.25) is 0 Å². The van der Waals surface area contributed by atoms with Crippen LogP contribution in [0.5, 0.6) is 5.75 Å². The van der Waals surface area contributed by atoms with E-state index < -0.39 is 29.2 Å². The third-order valence-electron chi connectivity index (χ3n) is 4.22. The number of fused-ring (bicyclic) bond motifs is 1. The Hall–Kier alpha value is -4.28. The summed E-state index contributed by atoms with van der Waals surface area (Å²) in [5, 5.41) is 23.7. The number of hydrogen-bond donors (Lipinski definition) is 0. The molecule has 1 aromatic heterocycles. The molecule has 31 heavy (non-hydrogen) atoms. The van der Waals surface area contributed by atoms with Gasteiger partial charge >= 0.3 is 17.6 Å². The zero-order valence-corrected chi connectivity index (χ0v) is 16.6. The number of carbonyl (C=O) groups excluding carboxylic acids is 2. The third-order valence-corrected chi connectivity index (χ3v) is 4.22. The average molecular weight is 427 g/mol. The molecule has 11 nitrogen and oxygen atoms in total. The summed E-state index contributed by atoms with van der Waals surface area (Å²) in [5.41, 5.74) is -0.609. The molecule has 0 aliphatic carbocycles. The molecule has 0 fully saturated rings. The van der Waals surface area contributed by atoms with Crippen LogP contribution in [0.25, 0.3) is 11.0 Å². The van der Waals surface area contributed by atoms with E-state index in [1.165, 1.54) is 30.3 Å². The van der Waals surface area contributed by atoms with Crippen LogP contribution in [-0.2, 0) is 16.1 Å². The van der Waals surface area contributed by atoms with Crippen LogP contribution in [0.15, 0.2) is 42.5 Å². The molecule has 0 aliphatic rings. The van der Waals surface area contributed by atoms with Crippen LogP contribution in [-0.4, -0.2) is 35.6 Å². The first kappa shape index (κ1) is 21.4. The SMILES string of the molecule is CCOc1ccc2nc(COC(=O)c3cccc([N+](=O)[O-])c3)c(C(=O)OC)[n+]([O-])c2c1. The van der Waals surface area contributed by atoms with E-state index in [-0.39, 0.29) is 28.0 Å². The summed E-state index contributed by atoms with van der Waals surface area (Å²) in [6.45, 7) is 1.64. The standard InChI is InChI=1S/C20H17N3O8/c1-3-30-14-7-8-15-17(10-14)22(26)18(20(25)29-2)16(21-15)11-31-19(24)12-5-4-6-13(9-12)23(27)28/h4-10H,3,11H2,1-2H3. The molecule has 0 unspecified atom stereocenters. The van der Waals surface area contributed by atoms with Crippen molar-refractivity contribution in [3.63, 3.8) is 0 Å². The van der Waals surface area contributed by atoms with E-state index in [2.05, 4.69) is 9.72 Å². The summed E-state index contributed by atoms with van der Waals surface area (Å²) < 4.78 is 15.5. The number of benzene rings is 2. The molecule has 3 aromatic rings. The van der Waals surface area contributed by atoms with Gasteiger partial charge in [-0.3, -0.25) is 10.1 Å². The molecule has 3 rings (SSSR count). The maximum Gasteiger partial charge on any atom is 0.406 e. The molecule has 0 bridgehead atoms. The monoisotopic (exact) mass is 427 g/mol. The van der Waals surface area contributed by atoms with E-state index in [0.29, 0.717) is 17.1 Å². The topological polar surface area (TPSA) is 145 Å². The number of nitro groups is 1. The number of ether oxygens (including phenoxy) is 3. The van der Waals surface area contributed by atoms with Gasteiger partial charge in [-0.2, -0.15) is 4.73 Å². The van der Waals surface area contributed by atoms with Gasteiger partial charge in [0.1, 0.15) is 17.9 Å². The van der Waals surface area contributed by atoms with Crippen LogP contribution < -0.4 is 9.47 Å². The van der Waals surface area contributed by atoms with Crippen molar-refractivity contribution in [1.82, 2.24) is 4.98 Å². The lowest BCUT2D eigenvalue weighted by Crippen LogP contribution is -2.38. The molecule has 1 heterocycles. The normalized spacial score (nSPS) is 10.5. The number of carbonyl (C=O) groups is 2. The number of non-ortho nitro benzene ring substituents is 1. The Bertz CT molecular complexity index is 1180. The lowest BCUT2D eigenvalue weighted by atomic mass is 10.2. The molecule has 0 saturated heterocycles. The Labute approximate surface area is 175 Å². The number of aromatic nitrogens is 2. The Morgan fingerprint density at radius 2 is 1.94 bits per heavy atom. The molecule has 0 atom stereocenters. The van der Waals surface area contributed by atoms with Crippen molar-refractivity contribution in [3.05, 3.63) is 74.7 Å². The summed E-state index contributed by atoms with van der Waals surface area (Å²) >= 11 is 0. The van der Waals surface area contributed by atoms with Crippen LogP contribution in [0.3, 0.4) is 0 Å². The first-order chi connectivity index (χ1) is 14.8. The van der Waals surface area contributed by atoms with E-state index >= 15 is 0 Å². The Morgan fingerprint density at radius 1 is 1.16 bits per heavy atom. The first-order valence-electron chi connectivity index (χ1n) is 9.04. The van der Waals surface area contributed by atoms with E-state index in [4.69, 9.17) is 9.47 Å². The molecular weight excluding hydrogens is 410 g/mol. The Kier molecular flexibility index (Phi) is 6.24. The number of methoxy groups -OCH3 is 1. The highest BCUT2D eigenvalue weighted by Crippen LogP contribution is 2.20. The van der Waals surface area contributed by atoms with Crippen LogP contribution in [0.1, 0.15) is 33.5 Å². The summed E-state index contributed by atoms with van der Waals surface area (Å²) in [5.74, 6) is -1.43. The molecule has 0 radical (unpaired) electrons. The van der Waals surface area contributed by atoms with E-state index in [1.54, 1.807) is 13.0 Å². The molecule has 0 spiro atoms. The fraction of sp³-hybridized carbons (Fsp3) is 0.200. The third kappa shape index (κ3) is 4.50. The van der Waals surface area contributed by atoms with Crippen LogP contribution in [0, 0.1) is 15.3 Å². The van der Waals surface area contributed by atoms with Crippen molar-refractivity contribution in [2.24, 2.45) is 0 Å². The molecule has 11 heteroatoms. The molecule has 0 N–H and O–H groups in total. The minimum absolute atomic E-state index is 0.0639. The maximum atomic E-state index is 12.8. The van der Waals surface area contributed by atoms with Gasteiger partial charge in [-0.1, -0.05) is 6.07 Å². The second-order valence-corrected chi connectivity index (χ2v) is 6.16. The highest BCUT2D eigenvalue weighted by atomic mass is 16.6. The number of nitro benzene ring substituents is 1. The molecule has 0 amide bonds. The summed E-state index contributed by atoms with van der Waals surface area (Å²) in [4.78, 5) is 39.0. The van der Waals surface area contributed by atoms with Gasteiger partial charge in [0.2, 0.25) is 5.52 Å². The van der Waals surface area contributed by atoms with Crippen LogP contribution >= 0.6 is 0 Å². The lowest BCUT2D eigenvalue weighted by Gasteiger charge is -2.12. The summed E-state index contributed by atoms with van der Waals surface area (Å²) in [7, 11) is 1.10. The van der Waals surface area contributed by atoms with Crippen molar-refractivity contribution in [3.8, 4) is 5.75 Å². The molecule has 0 saturated carbocycles. The highest BCUT2D eigenvalue weighted by molar-refractivity contribution is 5.91. The second kappa shape index (κ2) is 9.03. The highest BCUT2D eigenvalue weighted by Gasteiger charge is 2.28. The predicted octanol–water partition coefficient (Wildman–Crippen LogP) is 2.32. The van der Waals surface area contributed by atoms with Crippen molar-refractivity contribution >= 4 is 28.7 Å². The minimum Gasteiger partial charge on any atom is -0.618 e. The van der Waals surface area contributed by atoms with Crippen molar-refractivity contribution < 1.29 is 33.5 Å². The quantitative estimate of drug-likeness (QED) is 0.182. The maximum absolute atomic E-state index is 12.8. The van der Waals surface area contributed by atoms with Gasteiger partial charge in [0.15, 0.2) is 5.69 Å². The van der Waals surface area contributed by atoms with Gasteiger partial charge in [0.05, 0.1) is 30.3 Å².